The summed E-state index contributed by atoms with van der Waals surface area (Å²) >= 11 is 0. The lowest BCUT2D eigenvalue weighted by Gasteiger charge is -2.15. The molecular formula is C12H19N3O. The molecule has 1 aromatic carbocycles. The molecule has 0 aliphatic heterocycles. The van der Waals surface area contributed by atoms with E-state index in [4.69, 9.17) is 11.5 Å². The number of amides is 1. The van der Waals surface area contributed by atoms with Crippen LogP contribution in [0.1, 0.15) is 25.3 Å². The SMILES string of the molecule is CCCC(NCc1ccccc1N)C(N)=O. The summed E-state index contributed by atoms with van der Waals surface area (Å²) in [5, 5.41) is 3.12. The fourth-order valence-electron chi connectivity index (χ4n) is 1.56. The van der Waals surface area contributed by atoms with E-state index in [0.29, 0.717) is 6.54 Å². The third kappa shape index (κ3) is 3.55. The molecule has 1 amide bonds. The highest BCUT2D eigenvalue weighted by Crippen LogP contribution is 2.10. The molecule has 0 heterocycles. The number of para-hydroxylation sites is 1. The number of hydrogen-bond donors (Lipinski definition) is 3. The van der Waals surface area contributed by atoms with E-state index in [0.717, 1.165) is 24.1 Å². The Morgan fingerprint density at radius 3 is 2.69 bits per heavy atom. The Kier molecular flexibility index (Phi) is 4.79. The van der Waals surface area contributed by atoms with Crippen LogP contribution in [0.25, 0.3) is 0 Å². The van der Waals surface area contributed by atoms with E-state index in [1.807, 2.05) is 31.2 Å². The van der Waals surface area contributed by atoms with Gasteiger partial charge in [-0.3, -0.25) is 4.79 Å². The summed E-state index contributed by atoms with van der Waals surface area (Å²) in [6.07, 6.45) is 1.67. The third-order valence-corrected chi connectivity index (χ3v) is 2.51. The summed E-state index contributed by atoms with van der Waals surface area (Å²) in [6.45, 7) is 2.59. The van der Waals surface area contributed by atoms with E-state index < -0.39 is 0 Å². The quantitative estimate of drug-likeness (QED) is 0.627. The summed E-state index contributed by atoms with van der Waals surface area (Å²) in [7, 11) is 0. The van der Waals surface area contributed by atoms with Gasteiger partial charge in [0.2, 0.25) is 5.91 Å². The number of primary amides is 1. The van der Waals surface area contributed by atoms with Gasteiger partial charge in [-0.1, -0.05) is 31.5 Å². The molecule has 1 aromatic rings. The van der Waals surface area contributed by atoms with Crippen LogP contribution in [-0.2, 0) is 11.3 Å². The predicted molar refractivity (Wildman–Crippen MR) is 65.6 cm³/mol. The van der Waals surface area contributed by atoms with Gasteiger partial charge in [-0.2, -0.15) is 0 Å². The number of nitrogens with one attached hydrogen (secondary N) is 1. The maximum absolute atomic E-state index is 11.1. The van der Waals surface area contributed by atoms with Crippen molar-refractivity contribution in [2.45, 2.75) is 32.4 Å². The molecule has 1 atom stereocenters. The lowest BCUT2D eigenvalue weighted by atomic mass is 10.1. The van der Waals surface area contributed by atoms with Crippen LogP contribution in [0.2, 0.25) is 0 Å². The van der Waals surface area contributed by atoms with Gasteiger partial charge in [0.25, 0.3) is 0 Å². The Labute approximate surface area is 96.0 Å². The van der Waals surface area contributed by atoms with E-state index in [-0.39, 0.29) is 11.9 Å². The van der Waals surface area contributed by atoms with Crippen LogP contribution >= 0.6 is 0 Å². The van der Waals surface area contributed by atoms with Crippen molar-refractivity contribution >= 4 is 11.6 Å². The number of carbonyl (C=O) groups excluding carboxylic acids is 1. The molecule has 16 heavy (non-hydrogen) atoms. The minimum absolute atomic E-state index is 0.274. The van der Waals surface area contributed by atoms with Gasteiger partial charge >= 0.3 is 0 Å². The zero-order valence-corrected chi connectivity index (χ0v) is 9.57. The number of carbonyl (C=O) groups is 1. The maximum atomic E-state index is 11.1. The first-order valence-corrected chi connectivity index (χ1v) is 5.51. The highest BCUT2D eigenvalue weighted by atomic mass is 16.1. The first-order valence-electron chi connectivity index (χ1n) is 5.51. The Bertz CT molecular complexity index is 352. The van der Waals surface area contributed by atoms with Crippen LogP contribution in [0, 0.1) is 0 Å². The largest absolute Gasteiger partial charge is 0.398 e. The summed E-state index contributed by atoms with van der Waals surface area (Å²) in [6, 6.07) is 7.32. The van der Waals surface area contributed by atoms with Gasteiger partial charge in [-0.25, -0.2) is 0 Å². The molecule has 0 saturated carbocycles. The summed E-state index contributed by atoms with van der Waals surface area (Å²) < 4.78 is 0. The number of nitrogens with two attached hydrogens (primary N) is 2. The van der Waals surface area contributed by atoms with Gasteiger partial charge in [-0.05, 0) is 18.1 Å². The number of rotatable bonds is 6. The van der Waals surface area contributed by atoms with Crippen molar-refractivity contribution in [3.8, 4) is 0 Å². The topological polar surface area (TPSA) is 81.1 Å². The van der Waals surface area contributed by atoms with Crippen molar-refractivity contribution in [3.63, 3.8) is 0 Å². The van der Waals surface area contributed by atoms with Gasteiger partial charge in [0.1, 0.15) is 0 Å². The Hall–Kier alpha value is -1.55. The predicted octanol–water partition coefficient (Wildman–Crippen LogP) is 1.01. The lowest BCUT2D eigenvalue weighted by Crippen LogP contribution is -2.40. The standard InChI is InChI=1S/C12H19N3O/c1-2-5-11(12(14)16)15-8-9-6-3-4-7-10(9)13/h3-4,6-7,11,15H,2,5,8,13H2,1H3,(H2,14,16). The molecule has 0 fully saturated rings. The van der Waals surface area contributed by atoms with Gasteiger partial charge in [-0.15, -0.1) is 0 Å². The summed E-state index contributed by atoms with van der Waals surface area (Å²) in [5.74, 6) is -0.309. The van der Waals surface area contributed by atoms with Crippen molar-refractivity contribution in [1.82, 2.24) is 5.32 Å². The minimum atomic E-state index is -0.309. The molecule has 0 bridgehead atoms. The Morgan fingerprint density at radius 2 is 2.12 bits per heavy atom. The highest BCUT2D eigenvalue weighted by molar-refractivity contribution is 5.79. The van der Waals surface area contributed by atoms with Crippen molar-refractivity contribution < 1.29 is 4.79 Å². The fraction of sp³-hybridized carbons (Fsp3) is 0.417. The number of anilines is 1. The molecule has 5 N–H and O–H groups in total. The molecule has 0 aliphatic carbocycles. The first-order chi connectivity index (χ1) is 7.65. The molecule has 4 heteroatoms. The van der Waals surface area contributed by atoms with E-state index >= 15 is 0 Å². The monoisotopic (exact) mass is 221 g/mol. The normalized spacial score (nSPS) is 12.3. The number of benzene rings is 1. The second kappa shape index (κ2) is 6.12. The first kappa shape index (κ1) is 12.5. The van der Waals surface area contributed by atoms with E-state index in [1.54, 1.807) is 0 Å². The number of nitrogen functional groups attached to an aromatic ring is 1. The molecule has 4 nitrogen and oxygen atoms in total. The molecule has 1 unspecified atom stereocenters. The van der Waals surface area contributed by atoms with E-state index in [2.05, 4.69) is 5.32 Å². The molecule has 1 rings (SSSR count). The molecule has 0 aromatic heterocycles. The molecule has 0 saturated heterocycles. The van der Waals surface area contributed by atoms with E-state index in [1.165, 1.54) is 0 Å². The van der Waals surface area contributed by atoms with Crippen LogP contribution in [0.4, 0.5) is 5.69 Å². The molecule has 0 aliphatic rings. The zero-order chi connectivity index (χ0) is 12.0. The van der Waals surface area contributed by atoms with Gasteiger partial charge < -0.3 is 16.8 Å². The minimum Gasteiger partial charge on any atom is -0.398 e. The molecular weight excluding hydrogens is 202 g/mol. The van der Waals surface area contributed by atoms with Crippen LogP contribution < -0.4 is 16.8 Å². The molecule has 88 valence electrons. The second-order valence-corrected chi connectivity index (χ2v) is 3.82. The number of hydrogen-bond acceptors (Lipinski definition) is 3. The van der Waals surface area contributed by atoms with Crippen molar-refractivity contribution in [2.24, 2.45) is 5.73 Å². The van der Waals surface area contributed by atoms with Crippen LogP contribution in [0.3, 0.4) is 0 Å². The van der Waals surface area contributed by atoms with Gasteiger partial charge in [0.15, 0.2) is 0 Å². The van der Waals surface area contributed by atoms with Crippen LogP contribution in [0.5, 0.6) is 0 Å². The van der Waals surface area contributed by atoms with Crippen molar-refractivity contribution in [2.75, 3.05) is 5.73 Å². The average Bonchev–Trinajstić information content (AvgIpc) is 2.26. The smallest absolute Gasteiger partial charge is 0.234 e. The summed E-state index contributed by atoms with van der Waals surface area (Å²) in [4.78, 5) is 11.1. The van der Waals surface area contributed by atoms with Crippen molar-refractivity contribution in [1.29, 1.82) is 0 Å². The summed E-state index contributed by atoms with van der Waals surface area (Å²) in [5.41, 5.74) is 12.8. The highest BCUT2D eigenvalue weighted by Gasteiger charge is 2.13. The van der Waals surface area contributed by atoms with Gasteiger partial charge in [0, 0.05) is 12.2 Å². The molecule has 0 spiro atoms. The van der Waals surface area contributed by atoms with Crippen LogP contribution in [0.15, 0.2) is 24.3 Å². The fourth-order valence-corrected chi connectivity index (χ4v) is 1.56. The van der Waals surface area contributed by atoms with Gasteiger partial charge in [0.05, 0.1) is 6.04 Å². The Morgan fingerprint density at radius 1 is 1.44 bits per heavy atom. The average molecular weight is 221 g/mol. The second-order valence-electron chi connectivity index (χ2n) is 3.82. The maximum Gasteiger partial charge on any atom is 0.234 e. The third-order valence-electron chi connectivity index (χ3n) is 2.51. The van der Waals surface area contributed by atoms with E-state index in [9.17, 15) is 4.79 Å². The van der Waals surface area contributed by atoms with Crippen molar-refractivity contribution in [3.05, 3.63) is 29.8 Å². The molecule has 0 radical (unpaired) electrons. The zero-order valence-electron chi connectivity index (χ0n) is 9.57. The Balaban J connectivity index is 2.55. The van der Waals surface area contributed by atoms with Crippen LogP contribution in [-0.4, -0.2) is 11.9 Å². The lowest BCUT2D eigenvalue weighted by molar-refractivity contribution is -0.120.